The van der Waals surface area contributed by atoms with Gasteiger partial charge in [0.15, 0.2) is 0 Å². The van der Waals surface area contributed by atoms with E-state index in [1.807, 2.05) is 0 Å². The van der Waals surface area contributed by atoms with Crippen LogP contribution in [0, 0.1) is 0 Å². The molecular weight excluding hydrogens is 327 g/mol. The van der Waals surface area contributed by atoms with Crippen molar-refractivity contribution in [3.63, 3.8) is 0 Å². The number of hydrogen-bond acceptors (Lipinski definition) is 1. The molecule has 0 aliphatic rings. The van der Waals surface area contributed by atoms with Crippen LogP contribution in [0.25, 0.3) is 0 Å². The van der Waals surface area contributed by atoms with E-state index in [0.717, 1.165) is 0 Å². The van der Waals surface area contributed by atoms with Gasteiger partial charge in [-0.1, -0.05) is 0 Å². The van der Waals surface area contributed by atoms with Crippen LogP contribution in [0.1, 0.15) is 0 Å². The Labute approximate surface area is 68.5 Å². The molecule has 0 saturated heterocycles. The van der Waals surface area contributed by atoms with Gasteiger partial charge in [0, 0.05) is 17.1 Å². The van der Waals surface area contributed by atoms with Crippen molar-refractivity contribution in [1.82, 2.24) is 6.15 Å². The second kappa shape index (κ2) is 39.3. The van der Waals surface area contributed by atoms with Crippen LogP contribution in [0.4, 0.5) is 0 Å². The van der Waals surface area contributed by atoms with Crippen LogP contribution in [-0.2, 0) is 17.1 Å². The van der Waals surface area contributed by atoms with Crippen molar-refractivity contribution >= 4 is 45.6 Å². The van der Waals surface area contributed by atoms with Crippen LogP contribution < -0.4 is 6.15 Å². The first-order valence-corrected chi connectivity index (χ1v) is 0. The second-order valence-corrected chi connectivity index (χ2v) is 0. The van der Waals surface area contributed by atoms with Crippen molar-refractivity contribution in [3.8, 4) is 0 Å². The second-order valence-electron chi connectivity index (χ2n) is 0. The molecule has 0 aliphatic carbocycles. The molecule has 0 aromatic heterocycles. The summed E-state index contributed by atoms with van der Waals surface area (Å²) < 4.78 is 0. The summed E-state index contributed by atoms with van der Waals surface area (Å²) in [7, 11) is 0. The van der Waals surface area contributed by atoms with Crippen molar-refractivity contribution in [1.29, 1.82) is 0 Å². The predicted octanol–water partition coefficient (Wildman–Crippen LogP) is -1.88. The van der Waals surface area contributed by atoms with Crippen molar-refractivity contribution in [2.45, 2.75) is 0 Å². The fourth-order valence-electron chi connectivity index (χ4n) is 0. The molecule has 0 amide bonds. The summed E-state index contributed by atoms with van der Waals surface area (Å²) in [5.41, 5.74) is 0. The summed E-state index contributed by atoms with van der Waals surface area (Å²) in [6.45, 7) is 0. The van der Waals surface area contributed by atoms with Gasteiger partial charge >= 0.3 is 27.3 Å². The molecule has 0 aliphatic heterocycles. The Morgan fingerprint density at radius 1 is 1.00 bits per heavy atom. The number of rotatable bonds is 0. The minimum absolute atomic E-state index is 0. The van der Waals surface area contributed by atoms with Gasteiger partial charge in [-0.05, 0) is 0 Å². The summed E-state index contributed by atoms with van der Waals surface area (Å²) in [6.07, 6.45) is 0. The van der Waals surface area contributed by atoms with Gasteiger partial charge in [-0.25, -0.2) is 0 Å². The summed E-state index contributed by atoms with van der Waals surface area (Å²) in [5, 5.41) is 0. The molecule has 0 bridgehead atoms. The van der Waals surface area contributed by atoms with Crippen LogP contribution in [0.3, 0.4) is 0 Å². The summed E-state index contributed by atoms with van der Waals surface area (Å²) in [5.74, 6) is 0. The van der Waals surface area contributed by atoms with E-state index in [2.05, 4.69) is 0 Å². The van der Waals surface area contributed by atoms with Crippen LogP contribution in [-0.4, -0.2) is 35.7 Å². The Bertz CT molecular complexity index is 11.6. The Kier molecular flexibility index (Phi) is 524. The van der Waals surface area contributed by atoms with Crippen molar-refractivity contribution in [2.75, 3.05) is 0 Å². The zero-order chi connectivity index (χ0) is 0. The Morgan fingerprint density at radius 2 is 1.00 bits per heavy atom. The molecule has 0 heterocycles. The van der Waals surface area contributed by atoms with Gasteiger partial charge < -0.3 is 6.15 Å². The summed E-state index contributed by atoms with van der Waals surface area (Å²) in [6, 6.07) is 0. The zero-order valence-electron chi connectivity index (χ0n) is 2.42. The number of hydrogen-bond donors (Lipinski definition) is 1. The fourth-order valence-corrected chi connectivity index (χ4v) is 0. The molecule has 0 fully saturated rings. The first kappa shape index (κ1) is 66.7. The van der Waals surface area contributed by atoms with E-state index in [9.17, 15) is 0 Å². The van der Waals surface area contributed by atoms with Gasteiger partial charge in [0.25, 0.3) is 0 Å². The van der Waals surface area contributed by atoms with E-state index in [-0.39, 0.29) is 68.8 Å². The molecule has 39 valence electrons. The first-order valence-electron chi connectivity index (χ1n) is 0. The molecule has 5 heteroatoms. The predicted molar refractivity (Wildman–Crippen MR) is 34.6 cm³/mol. The van der Waals surface area contributed by atoms with E-state index < -0.39 is 0 Å². The van der Waals surface area contributed by atoms with Crippen LogP contribution in [0.2, 0.25) is 0 Å². The third-order valence-electron chi connectivity index (χ3n) is 0. The van der Waals surface area contributed by atoms with Crippen molar-refractivity contribution < 1.29 is 17.1 Å². The SMILES string of the molecule is B.N.P.[Cu].[PbH2]. The van der Waals surface area contributed by atoms with Gasteiger partial charge in [-0.15, -0.1) is 0 Å². The summed E-state index contributed by atoms with van der Waals surface area (Å²) in [4.78, 5) is 0. The first-order chi connectivity index (χ1) is 0. The standard InChI is InChI=1S/BH3.Cu.H3N.H3P.Pb.2H/h1H3;;2*1H3;;;. The molecule has 0 saturated carbocycles. The molecule has 5 heavy (non-hydrogen) atoms. The van der Waals surface area contributed by atoms with E-state index in [1.165, 1.54) is 0 Å². The topological polar surface area (TPSA) is 35.0 Å². The minimum atomic E-state index is 0. The molecular formula is H11BCuNPPb. The maximum absolute atomic E-state index is 0. The quantitative estimate of drug-likeness (QED) is 0.407. The zero-order valence-corrected chi connectivity index (χ0v) is 10.3. The van der Waals surface area contributed by atoms with Crippen LogP contribution in [0.5, 0.6) is 0 Å². The average molecular weight is 338 g/mol. The Hall–Kier alpha value is 1.90. The third kappa shape index (κ3) is 24.9. The van der Waals surface area contributed by atoms with E-state index >= 15 is 0 Å². The molecule has 0 aromatic rings. The van der Waals surface area contributed by atoms with E-state index in [4.69, 9.17) is 0 Å². The van der Waals surface area contributed by atoms with E-state index in [1.54, 1.807) is 0 Å². The summed E-state index contributed by atoms with van der Waals surface area (Å²) >= 11 is 0. The Morgan fingerprint density at radius 3 is 1.00 bits per heavy atom. The van der Waals surface area contributed by atoms with Crippen molar-refractivity contribution in [2.24, 2.45) is 0 Å². The third-order valence-corrected chi connectivity index (χ3v) is 0. The molecule has 3 radical (unpaired) electrons. The fraction of sp³-hybridized carbons (Fsp3) is 0. The molecule has 3 N–H and O–H groups in total. The molecule has 1 unspecified atom stereocenters. The molecule has 0 aromatic carbocycles. The monoisotopic (exact) mass is 338 g/mol. The Balaban J connectivity index is 0. The molecule has 0 rings (SSSR count). The van der Waals surface area contributed by atoms with Gasteiger partial charge in [0.2, 0.25) is 0 Å². The van der Waals surface area contributed by atoms with Gasteiger partial charge in [-0.3, -0.25) is 0 Å². The molecule has 0 spiro atoms. The molecule has 1 atom stereocenters. The maximum atomic E-state index is 0. The van der Waals surface area contributed by atoms with Crippen LogP contribution in [0.15, 0.2) is 0 Å². The van der Waals surface area contributed by atoms with Crippen molar-refractivity contribution in [3.05, 3.63) is 0 Å². The van der Waals surface area contributed by atoms with Crippen LogP contribution >= 0.6 is 9.90 Å². The van der Waals surface area contributed by atoms with Gasteiger partial charge in [-0.2, -0.15) is 9.90 Å². The van der Waals surface area contributed by atoms with Gasteiger partial charge in [0.1, 0.15) is 0 Å². The average Bonchev–Trinajstić information content (AvgIpc) is 0. The molecule has 1 nitrogen and oxygen atoms in total. The van der Waals surface area contributed by atoms with Gasteiger partial charge in [0.05, 0.1) is 8.41 Å². The normalized spacial score (nSPS) is 0. The van der Waals surface area contributed by atoms with E-state index in [0.29, 0.717) is 0 Å².